The Bertz CT molecular complexity index is 773. The summed E-state index contributed by atoms with van der Waals surface area (Å²) < 4.78 is 19.4. The first-order valence-electron chi connectivity index (χ1n) is 8.67. The Labute approximate surface area is 156 Å². The molecule has 2 aromatic rings. The van der Waals surface area contributed by atoms with Gasteiger partial charge in [-0.15, -0.1) is 0 Å². The Morgan fingerprint density at radius 3 is 2.85 bits per heavy atom. The van der Waals surface area contributed by atoms with Gasteiger partial charge in [0.2, 0.25) is 5.95 Å². The molecule has 2 aliphatic heterocycles. The van der Waals surface area contributed by atoms with Gasteiger partial charge in [0.05, 0.1) is 18.2 Å². The number of anilines is 3. The van der Waals surface area contributed by atoms with Crippen molar-refractivity contribution >= 4 is 29.2 Å². The van der Waals surface area contributed by atoms with Crippen molar-refractivity contribution in [2.24, 2.45) is 0 Å². The molecule has 9 heteroatoms. The fraction of sp³-hybridized carbons (Fsp3) is 0.471. The molecule has 4 rings (SSSR count). The monoisotopic (exact) mass is 378 g/mol. The maximum atomic E-state index is 14.1. The van der Waals surface area contributed by atoms with E-state index in [1.165, 1.54) is 12.3 Å². The number of nitrogens with zero attached hydrogens (tertiary/aromatic N) is 5. The van der Waals surface area contributed by atoms with Gasteiger partial charge in [-0.3, -0.25) is 0 Å². The van der Waals surface area contributed by atoms with Crippen LogP contribution in [0.3, 0.4) is 0 Å². The molecule has 26 heavy (non-hydrogen) atoms. The third kappa shape index (κ3) is 3.81. The first-order valence-corrected chi connectivity index (χ1v) is 9.05. The molecule has 4 heterocycles. The van der Waals surface area contributed by atoms with E-state index in [9.17, 15) is 4.39 Å². The smallest absolute Gasteiger partial charge is 0.227 e. The molecule has 0 amide bonds. The molecule has 7 nitrogen and oxygen atoms in total. The number of morpholine rings is 1. The number of hydrogen-bond donors (Lipinski definition) is 1. The number of pyridine rings is 1. The van der Waals surface area contributed by atoms with Crippen molar-refractivity contribution in [2.75, 3.05) is 54.5 Å². The zero-order chi connectivity index (χ0) is 17.9. The number of hydrogen-bond acceptors (Lipinski definition) is 7. The van der Waals surface area contributed by atoms with Crippen LogP contribution in [-0.4, -0.2) is 60.4 Å². The minimum absolute atomic E-state index is 0.166. The highest BCUT2D eigenvalue weighted by atomic mass is 35.5. The van der Waals surface area contributed by atoms with Crippen molar-refractivity contribution in [3.63, 3.8) is 0 Å². The van der Waals surface area contributed by atoms with Gasteiger partial charge in [-0.05, 0) is 18.6 Å². The molecule has 0 aromatic carbocycles. The minimum atomic E-state index is -0.394. The van der Waals surface area contributed by atoms with Gasteiger partial charge >= 0.3 is 0 Å². The molecule has 1 N–H and O–H groups in total. The molecule has 0 saturated carbocycles. The van der Waals surface area contributed by atoms with E-state index in [4.69, 9.17) is 16.3 Å². The molecule has 2 aromatic heterocycles. The van der Waals surface area contributed by atoms with Crippen LogP contribution in [0.1, 0.15) is 6.42 Å². The van der Waals surface area contributed by atoms with E-state index < -0.39 is 5.82 Å². The Morgan fingerprint density at radius 2 is 2.04 bits per heavy atom. The molecule has 2 fully saturated rings. The van der Waals surface area contributed by atoms with Gasteiger partial charge < -0.3 is 19.9 Å². The molecular weight excluding hydrogens is 359 g/mol. The maximum Gasteiger partial charge on any atom is 0.227 e. The predicted molar refractivity (Wildman–Crippen MR) is 98.5 cm³/mol. The van der Waals surface area contributed by atoms with Crippen LogP contribution in [0.5, 0.6) is 0 Å². The van der Waals surface area contributed by atoms with Gasteiger partial charge in [0, 0.05) is 44.6 Å². The van der Waals surface area contributed by atoms with Gasteiger partial charge in [-0.1, -0.05) is 11.6 Å². The summed E-state index contributed by atoms with van der Waals surface area (Å²) in [7, 11) is 0. The summed E-state index contributed by atoms with van der Waals surface area (Å²) in [5, 5.41) is 3.73. The van der Waals surface area contributed by atoms with Gasteiger partial charge in [0.15, 0.2) is 11.6 Å². The summed E-state index contributed by atoms with van der Waals surface area (Å²) in [6.07, 6.45) is 4.10. The third-order valence-electron chi connectivity index (χ3n) is 4.56. The first-order chi connectivity index (χ1) is 12.7. The van der Waals surface area contributed by atoms with Gasteiger partial charge in [0.25, 0.3) is 0 Å². The van der Waals surface area contributed by atoms with Crippen molar-refractivity contribution in [2.45, 2.75) is 12.5 Å². The van der Waals surface area contributed by atoms with Crippen LogP contribution in [0.4, 0.5) is 22.0 Å². The van der Waals surface area contributed by atoms with Crippen LogP contribution >= 0.6 is 11.6 Å². The van der Waals surface area contributed by atoms with Gasteiger partial charge in [0.1, 0.15) is 5.82 Å². The highest BCUT2D eigenvalue weighted by molar-refractivity contribution is 6.30. The molecule has 1 atom stereocenters. The van der Waals surface area contributed by atoms with E-state index in [0.29, 0.717) is 36.5 Å². The predicted octanol–water partition coefficient (Wildman–Crippen LogP) is 2.19. The summed E-state index contributed by atoms with van der Waals surface area (Å²) >= 11 is 5.78. The van der Waals surface area contributed by atoms with Crippen LogP contribution in [0, 0.1) is 5.82 Å². The molecular formula is C17H20ClFN6O. The van der Waals surface area contributed by atoms with Crippen molar-refractivity contribution in [3.8, 4) is 0 Å². The Morgan fingerprint density at radius 1 is 1.19 bits per heavy atom. The second kappa shape index (κ2) is 7.59. The Hall–Kier alpha value is -2.19. The fourth-order valence-electron chi connectivity index (χ4n) is 3.26. The van der Waals surface area contributed by atoms with Crippen molar-refractivity contribution in [1.29, 1.82) is 0 Å². The number of aromatic nitrogens is 3. The molecule has 2 aliphatic rings. The summed E-state index contributed by atoms with van der Waals surface area (Å²) in [5.41, 5.74) is 0. The second-order valence-corrected chi connectivity index (χ2v) is 6.81. The van der Waals surface area contributed by atoms with Gasteiger partial charge in [-0.25, -0.2) is 14.4 Å². The molecule has 138 valence electrons. The van der Waals surface area contributed by atoms with Crippen LogP contribution in [-0.2, 0) is 4.74 Å². The molecule has 1 unspecified atom stereocenters. The van der Waals surface area contributed by atoms with E-state index in [2.05, 4.69) is 25.2 Å². The highest BCUT2D eigenvalue weighted by Gasteiger charge is 2.26. The van der Waals surface area contributed by atoms with Crippen LogP contribution < -0.4 is 15.1 Å². The first kappa shape index (κ1) is 17.2. The molecule has 0 radical (unpaired) electrons. The largest absolute Gasteiger partial charge is 0.378 e. The lowest BCUT2D eigenvalue weighted by molar-refractivity contribution is 0.122. The standard InChI is InChI=1S/C17H20ClFN6O/c18-12-9-14(19)16(21-10-12)25-4-2-13(11-25)22-15-1-3-20-17(23-15)24-5-7-26-8-6-24/h1,3,9-10,13H,2,4-8,11H2,(H,20,22,23). The number of nitrogens with one attached hydrogen (secondary N) is 1. The van der Waals surface area contributed by atoms with Crippen molar-refractivity contribution < 1.29 is 9.13 Å². The minimum Gasteiger partial charge on any atom is -0.378 e. The van der Waals surface area contributed by atoms with Crippen molar-refractivity contribution in [3.05, 3.63) is 35.4 Å². The lowest BCUT2D eigenvalue weighted by atomic mass is 10.2. The van der Waals surface area contributed by atoms with E-state index in [-0.39, 0.29) is 6.04 Å². The van der Waals surface area contributed by atoms with Gasteiger partial charge in [-0.2, -0.15) is 4.98 Å². The van der Waals surface area contributed by atoms with Crippen LogP contribution in [0.25, 0.3) is 0 Å². The lowest BCUT2D eigenvalue weighted by Gasteiger charge is -2.27. The summed E-state index contributed by atoms with van der Waals surface area (Å²) in [6.45, 7) is 4.36. The van der Waals surface area contributed by atoms with E-state index >= 15 is 0 Å². The molecule has 0 aliphatic carbocycles. The second-order valence-electron chi connectivity index (χ2n) is 6.38. The quantitative estimate of drug-likeness (QED) is 0.874. The Balaban J connectivity index is 1.40. The molecule has 2 saturated heterocycles. The third-order valence-corrected chi connectivity index (χ3v) is 4.77. The van der Waals surface area contributed by atoms with E-state index in [1.807, 2.05) is 11.0 Å². The lowest BCUT2D eigenvalue weighted by Crippen LogP contribution is -2.37. The normalized spacial score (nSPS) is 20.5. The van der Waals surface area contributed by atoms with E-state index in [0.717, 1.165) is 31.9 Å². The zero-order valence-corrected chi connectivity index (χ0v) is 15.0. The van der Waals surface area contributed by atoms with Crippen LogP contribution in [0.2, 0.25) is 5.02 Å². The van der Waals surface area contributed by atoms with Crippen molar-refractivity contribution in [1.82, 2.24) is 15.0 Å². The topological polar surface area (TPSA) is 66.4 Å². The van der Waals surface area contributed by atoms with E-state index in [1.54, 1.807) is 6.20 Å². The van der Waals surface area contributed by atoms with Crippen LogP contribution in [0.15, 0.2) is 24.5 Å². The molecule has 0 bridgehead atoms. The summed E-state index contributed by atoms with van der Waals surface area (Å²) in [4.78, 5) is 17.1. The summed E-state index contributed by atoms with van der Waals surface area (Å²) in [6, 6.07) is 3.32. The zero-order valence-electron chi connectivity index (χ0n) is 14.2. The average Bonchev–Trinajstić information content (AvgIpc) is 3.11. The summed E-state index contributed by atoms with van der Waals surface area (Å²) in [5.74, 6) is 1.43. The SMILES string of the molecule is Fc1cc(Cl)cnc1N1CCC(Nc2ccnc(N3CCOCC3)n2)C1. The number of rotatable bonds is 4. The fourth-order valence-corrected chi connectivity index (χ4v) is 3.41. The highest BCUT2D eigenvalue weighted by Crippen LogP contribution is 2.25. The maximum absolute atomic E-state index is 14.1. The molecule has 0 spiro atoms. The Kier molecular flexibility index (Phi) is 5.03. The average molecular weight is 379 g/mol. The number of halogens is 2. The number of ether oxygens (including phenoxy) is 1.